The molecule has 3 aliphatic rings. The molecule has 3 fully saturated rings. The van der Waals surface area contributed by atoms with E-state index in [0.717, 1.165) is 63.4 Å². The lowest BCUT2D eigenvalue weighted by molar-refractivity contribution is 0.140. The van der Waals surface area contributed by atoms with Gasteiger partial charge in [-0.1, -0.05) is 35.3 Å². The lowest BCUT2D eigenvalue weighted by Crippen LogP contribution is -2.47. The number of rotatable bonds is 7. The van der Waals surface area contributed by atoms with Crippen LogP contribution in [0.1, 0.15) is 31.2 Å². The van der Waals surface area contributed by atoms with Gasteiger partial charge in [0.25, 0.3) is 0 Å². The van der Waals surface area contributed by atoms with E-state index in [1.165, 1.54) is 17.7 Å². The maximum absolute atomic E-state index is 13.6. The highest BCUT2D eigenvalue weighted by atomic mass is 35.5. The second-order valence-electron chi connectivity index (χ2n) is 10.3. The lowest BCUT2D eigenvalue weighted by atomic mass is 9.93. The van der Waals surface area contributed by atoms with E-state index >= 15 is 0 Å². The number of benzene rings is 2. The molecule has 1 heterocycles. The second-order valence-corrected chi connectivity index (χ2v) is 11.2. The summed E-state index contributed by atoms with van der Waals surface area (Å²) in [6.45, 7) is 5.99. The Bertz CT molecular complexity index is 1080. The first kappa shape index (κ1) is 24.8. The third kappa shape index (κ3) is 5.31. The Labute approximate surface area is 217 Å². The fraction of sp³-hybridized carbons (Fsp3) is 0.519. The average Bonchev–Trinajstić information content (AvgIpc) is 3.47. The van der Waals surface area contributed by atoms with E-state index < -0.39 is 5.82 Å². The van der Waals surface area contributed by atoms with E-state index in [0.29, 0.717) is 18.2 Å². The van der Waals surface area contributed by atoms with Crippen molar-refractivity contribution in [3.63, 3.8) is 0 Å². The van der Waals surface area contributed by atoms with E-state index in [1.807, 2.05) is 17.0 Å². The molecule has 1 unspecified atom stereocenters. The Hall–Kier alpha value is -1.86. The van der Waals surface area contributed by atoms with E-state index in [-0.39, 0.29) is 22.5 Å². The Morgan fingerprint density at radius 2 is 1.97 bits per heavy atom. The molecule has 5 nitrogen and oxygen atoms in total. The molecule has 3 atom stereocenters. The average molecular weight is 519 g/mol. The minimum Gasteiger partial charge on any atom is -0.321 e. The third-order valence-corrected chi connectivity index (χ3v) is 8.71. The van der Waals surface area contributed by atoms with Crippen LogP contribution in [-0.4, -0.2) is 73.1 Å². The van der Waals surface area contributed by atoms with Crippen molar-refractivity contribution in [3.05, 3.63) is 63.9 Å². The van der Waals surface area contributed by atoms with E-state index in [9.17, 15) is 9.18 Å². The van der Waals surface area contributed by atoms with E-state index in [2.05, 4.69) is 34.3 Å². The van der Waals surface area contributed by atoms with E-state index in [4.69, 9.17) is 23.2 Å². The van der Waals surface area contributed by atoms with Gasteiger partial charge in [0, 0.05) is 54.9 Å². The van der Waals surface area contributed by atoms with Crippen LogP contribution in [0.25, 0.3) is 0 Å². The van der Waals surface area contributed by atoms with Crippen molar-refractivity contribution in [1.82, 2.24) is 14.7 Å². The number of carbonyl (C=O) groups excluding carboxylic acids is 1. The summed E-state index contributed by atoms with van der Waals surface area (Å²) in [4.78, 5) is 20.4. The van der Waals surface area contributed by atoms with Crippen LogP contribution in [0.2, 0.25) is 10.0 Å². The van der Waals surface area contributed by atoms with Gasteiger partial charge >= 0.3 is 6.03 Å². The number of amides is 2. The number of nitrogens with one attached hydrogen (secondary N) is 1. The molecule has 2 aliphatic carbocycles. The fourth-order valence-electron chi connectivity index (χ4n) is 6.10. The predicted octanol–water partition coefficient (Wildman–Crippen LogP) is 5.72. The molecule has 1 saturated heterocycles. The van der Waals surface area contributed by atoms with Crippen LogP contribution >= 0.6 is 23.2 Å². The molecule has 188 valence electrons. The number of piperazine rings is 1. The monoisotopic (exact) mass is 518 g/mol. The highest BCUT2D eigenvalue weighted by Gasteiger charge is 2.64. The Balaban J connectivity index is 1.29. The molecule has 2 aromatic rings. The molecule has 8 heteroatoms. The molecule has 0 bridgehead atoms. The smallest absolute Gasteiger partial charge is 0.321 e. The van der Waals surface area contributed by atoms with Gasteiger partial charge in [-0.05, 0) is 81.1 Å². The number of hydrogen-bond acceptors (Lipinski definition) is 3. The maximum Gasteiger partial charge on any atom is 0.322 e. The normalized spacial score (nSPS) is 26.4. The summed E-state index contributed by atoms with van der Waals surface area (Å²) >= 11 is 12.3. The molecule has 2 amide bonds. The van der Waals surface area contributed by atoms with Crippen LogP contribution in [-0.2, 0) is 5.41 Å². The maximum atomic E-state index is 13.6. The quantitative estimate of drug-likeness (QED) is 0.509. The summed E-state index contributed by atoms with van der Waals surface area (Å²) in [6, 6.07) is 12.6. The van der Waals surface area contributed by atoms with Crippen molar-refractivity contribution in [1.29, 1.82) is 0 Å². The van der Waals surface area contributed by atoms with Gasteiger partial charge in [-0.25, -0.2) is 9.18 Å². The first-order valence-electron chi connectivity index (χ1n) is 12.6. The van der Waals surface area contributed by atoms with Crippen LogP contribution in [0.4, 0.5) is 14.9 Å². The topological polar surface area (TPSA) is 38.8 Å². The zero-order valence-corrected chi connectivity index (χ0v) is 21.7. The van der Waals surface area contributed by atoms with Gasteiger partial charge in [0.05, 0.1) is 5.02 Å². The minimum absolute atomic E-state index is 0.00690. The Morgan fingerprint density at radius 3 is 2.69 bits per heavy atom. The summed E-state index contributed by atoms with van der Waals surface area (Å²) in [6.07, 6.45) is 4.05. The largest absolute Gasteiger partial charge is 0.322 e. The second kappa shape index (κ2) is 10.3. The molecule has 1 N–H and O–H groups in total. The number of hydrogen-bond donors (Lipinski definition) is 1. The summed E-state index contributed by atoms with van der Waals surface area (Å²) < 4.78 is 13.6. The molecule has 5 rings (SSSR count). The van der Waals surface area contributed by atoms with Crippen molar-refractivity contribution in [2.24, 2.45) is 5.92 Å². The van der Waals surface area contributed by atoms with Crippen molar-refractivity contribution < 1.29 is 9.18 Å². The van der Waals surface area contributed by atoms with Crippen molar-refractivity contribution in [3.8, 4) is 0 Å². The molecular formula is C27H33Cl2FN4O. The fourth-order valence-corrected chi connectivity index (χ4v) is 6.47. The van der Waals surface area contributed by atoms with Crippen LogP contribution in [0, 0.1) is 11.7 Å². The number of urea groups is 1. The standard InChI is InChI=1S/C27H33Cl2FN4O/c1-32-12-14-33(15-13-32)10-3-11-34(26(35)31-21-6-7-24(30)23(29)17-21)25-8-9-27(18-22(25)27)19-4-2-5-20(28)16-19/h2,4-7,16-17,22,25H,3,8-15,18H2,1H3,(H,31,35)/t22-,25-,27?/m1/s1. The molecule has 0 aromatic heterocycles. The Kier molecular flexibility index (Phi) is 7.27. The summed E-state index contributed by atoms with van der Waals surface area (Å²) in [5.74, 6) is -0.0547. The zero-order chi connectivity index (χ0) is 24.6. The molecule has 0 radical (unpaired) electrons. The number of fused-ring (bicyclic) bond motifs is 1. The third-order valence-electron chi connectivity index (χ3n) is 8.19. The van der Waals surface area contributed by atoms with Gasteiger partial charge < -0.3 is 20.0 Å². The lowest BCUT2D eigenvalue weighted by Gasteiger charge is -2.34. The SMILES string of the molecule is CN1CCN(CCCN(C(=O)Nc2ccc(F)c(Cl)c2)[C@@H]2CCC3(c4cccc(Cl)c4)C[C@H]23)CC1. The summed E-state index contributed by atoms with van der Waals surface area (Å²) in [7, 11) is 2.16. The van der Waals surface area contributed by atoms with Gasteiger partial charge in [-0.2, -0.15) is 0 Å². The van der Waals surface area contributed by atoms with E-state index in [1.54, 1.807) is 6.07 Å². The summed E-state index contributed by atoms with van der Waals surface area (Å²) in [5.41, 5.74) is 1.94. The van der Waals surface area contributed by atoms with Crippen LogP contribution in [0.15, 0.2) is 42.5 Å². The highest BCUT2D eigenvalue weighted by Crippen LogP contribution is 2.65. The summed E-state index contributed by atoms with van der Waals surface area (Å²) in [5, 5.41) is 3.75. The van der Waals surface area contributed by atoms with Gasteiger partial charge in [-0.15, -0.1) is 0 Å². The number of halogens is 3. The van der Waals surface area contributed by atoms with Crippen molar-refractivity contribution in [2.45, 2.75) is 37.1 Å². The van der Waals surface area contributed by atoms with Crippen molar-refractivity contribution >= 4 is 34.9 Å². The number of anilines is 1. The van der Waals surface area contributed by atoms with Gasteiger partial charge in [0.2, 0.25) is 0 Å². The number of likely N-dealkylation sites (N-methyl/N-ethyl adjacent to an activating group) is 1. The number of carbonyl (C=O) groups is 1. The van der Waals surface area contributed by atoms with Crippen LogP contribution < -0.4 is 5.32 Å². The molecule has 35 heavy (non-hydrogen) atoms. The molecule has 2 saturated carbocycles. The molecule has 1 aliphatic heterocycles. The minimum atomic E-state index is -0.492. The van der Waals surface area contributed by atoms with Crippen molar-refractivity contribution in [2.75, 3.05) is 51.6 Å². The zero-order valence-electron chi connectivity index (χ0n) is 20.2. The first-order chi connectivity index (χ1) is 16.9. The predicted molar refractivity (Wildman–Crippen MR) is 140 cm³/mol. The van der Waals surface area contributed by atoms with Gasteiger partial charge in [0.1, 0.15) is 5.82 Å². The van der Waals surface area contributed by atoms with Crippen LogP contribution in [0.3, 0.4) is 0 Å². The Morgan fingerprint density at radius 1 is 1.17 bits per heavy atom. The molecule has 0 spiro atoms. The van der Waals surface area contributed by atoms with Gasteiger partial charge in [-0.3, -0.25) is 0 Å². The molecular weight excluding hydrogens is 486 g/mol. The number of nitrogens with zero attached hydrogens (tertiary/aromatic N) is 3. The van der Waals surface area contributed by atoms with Crippen LogP contribution in [0.5, 0.6) is 0 Å². The van der Waals surface area contributed by atoms with Gasteiger partial charge in [0.15, 0.2) is 0 Å². The molecule has 2 aromatic carbocycles. The first-order valence-corrected chi connectivity index (χ1v) is 13.3. The highest BCUT2D eigenvalue weighted by molar-refractivity contribution is 6.31.